The van der Waals surface area contributed by atoms with Gasteiger partial charge in [0.15, 0.2) is 11.6 Å². The molecule has 0 bridgehead atoms. The number of rotatable bonds is 6. The third-order valence-corrected chi connectivity index (χ3v) is 10.0. The molecule has 0 aliphatic heterocycles. The largest absolute Gasteiger partial charge is 2.00 e. The number of aromatic carboxylic acids is 2. The molecule has 0 unspecified atom stereocenters. The SMILES string of the molecule is CC1(C)CC(C)(C)c2cc(C(=O)c3ccccc3C(=O)[O-])ccc21.CC1(C)CC(C)(C)c2cc(C(=O)c3ccccc3C(=O)[O-])ccc21.[Zn+2]. The Morgan fingerprint density at radius 2 is 0.735 bits per heavy atom. The van der Waals surface area contributed by atoms with E-state index in [0.29, 0.717) is 11.1 Å². The Hall–Kier alpha value is -4.22. The first-order chi connectivity index (χ1) is 22.3. The fourth-order valence-corrected chi connectivity index (χ4v) is 8.29. The van der Waals surface area contributed by atoms with Crippen molar-refractivity contribution in [2.45, 2.75) is 89.9 Å². The monoisotopic (exact) mass is 706 g/mol. The summed E-state index contributed by atoms with van der Waals surface area (Å²) < 4.78 is 0. The fourth-order valence-electron chi connectivity index (χ4n) is 8.29. The Morgan fingerprint density at radius 3 is 1.04 bits per heavy atom. The number of hydrogen-bond donors (Lipinski definition) is 0. The van der Waals surface area contributed by atoms with Gasteiger partial charge in [-0.15, -0.1) is 0 Å². The molecule has 0 N–H and O–H groups in total. The smallest absolute Gasteiger partial charge is 0.545 e. The van der Waals surface area contributed by atoms with Crippen molar-refractivity contribution < 1.29 is 48.9 Å². The zero-order chi connectivity index (χ0) is 35.4. The van der Waals surface area contributed by atoms with Crippen molar-refractivity contribution in [3.8, 4) is 0 Å². The van der Waals surface area contributed by atoms with Gasteiger partial charge in [-0.25, -0.2) is 0 Å². The van der Waals surface area contributed by atoms with Crippen LogP contribution in [0.25, 0.3) is 0 Å². The molecule has 4 aromatic rings. The molecule has 0 atom stereocenters. The van der Waals surface area contributed by atoms with Crippen LogP contribution in [0.3, 0.4) is 0 Å². The summed E-state index contributed by atoms with van der Waals surface area (Å²) in [5, 5.41) is 22.5. The first kappa shape index (κ1) is 37.6. The summed E-state index contributed by atoms with van der Waals surface area (Å²) in [6.07, 6.45) is 2.03. The van der Waals surface area contributed by atoms with E-state index in [-0.39, 0.29) is 75.0 Å². The van der Waals surface area contributed by atoms with E-state index < -0.39 is 11.9 Å². The normalized spacial score (nSPS) is 17.0. The van der Waals surface area contributed by atoms with E-state index in [2.05, 4.69) is 55.4 Å². The number of hydrogen-bond acceptors (Lipinski definition) is 6. The number of carboxylic acids is 2. The van der Waals surface area contributed by atoms with E-state index in [0.717, 1.165) is 12.8 Å². The van der Waals surface area contributed by atoms with Crippen LogP contribution in [0, 0.1) is 0 Å². The Labute approximate surface area is 301 Å². The Bertz CT molecular complexity index is 1840. The molecule has 2 aliphatic rings. The van der Waals surface area contributed by atoms with Crippen molar-refractivity contribution in [1.29, 1.82) is 0 Å². The van der Waals surface area contributed by atoms with Gasteiger partial charge < -0.3 is 19.8 Å². The van der Waals surface area contributed by atoms with Crippen LogP contribution in [-0.4, -0.2) is 23.5 Å². The molecule has 4 aromatic carbocycles. The summed E-state index contributed by atoms with van der Waals surface area (Å²) in [6.45, 7) is 17.6. The fraction of sp³-hybridized carbons (Fsp3) is 0.333. The summed E-state index contributed by atoms with van der Waals surface area (Å²) in [5.41, 5.74) is 6.24. The summed E-state index contributed by atoms with van der Waals surface area (Å²) in [7, 11) is 0. The molecule has 248 valence electrons. The molecule has 0 heterocycles. The second kappa shape index (κ2) is 13.2. The molecular formula is C42H42O6Zn. The van der Waals surface area contributed by atoms with E-state index in [1.54, 1.807) is 36.4 Å². The van der Waals surface area contributed by atoms with E-state index in [1.165, 1.54) is 46.5 Å². The molecule has 2 aliphatic carbocycles. The molecular weight excluding hydrogens is 666 g/mol. The molecule has 6 rings (SSSR count). The minimum atomic E-state index is -1.33. The van der Waals surface area contributed by atoms with E-state index in [4.69, 9.17) is 0 Å². The quantitative estimate of drug-likeness (QED) is 0.168. The van der Waals surface area contributed by atoms with Crippen molar-refractivity contribution in [3.63, 3.8) is 0 Å². The van der Waals surface area contributed by atoms with Crippen LogP contribution < -0.4 is 10.2 Å². The Balaban J connectivity index is 0.000000216. The molecule has 0 radical (unpaired) electrons. The van der Waals surface area contributed by atoms with Crippen LogP contribution in [0.5, 0.6) is 0 Å². The van der Waals surface area contributed by atoms with Crippen molar-refractivity contribution in [3.05, 3.63) is 141 Å². The van der Waals surface area contributed by atoms with Crippen LogP contribution in [0.1, 0.15) is 143 Å². The van der Waals surface area contributed by atoms with Gasteiger partial charge >= 0.3 is 19.5 Å². The minimum absolute atomic E-state index is 0. The maximum atomic E-state index is 12.9. The average molecular weight is 708 g/mol. The average Bonchev–Trinajstić information content (AvgIpc) is 3.34. The molecule has 0 amide bonds. The number of benzene rings is 4. The number of ketones is 2. The first-order valence-corrected chi connectivity index (χ1v) is 16.3. The molecule has 0 saturated heterocycles. The third kappa shape index (κ3) is 7.10. The number of fused-ring (bicyclic) bond motifs is 2. The molecule has 0 fully saturated rings. The van der Waals surface area contributed by atoms with Gasteiger partial charge in [-0.2, -0.15) is 0 Å². The first-order valence-electron chi connectivity index (χ1n) is 16.3. The topological polar surface area (TPSA) is 114 Å². The van der Waals surface area contributed by atoms with Gasteiger partial charge in [0.2, 0.25) is 0 Å². The van der Waals surface area contributed by atoms with Gasteiger partial charge in [0, 0.05) is 33.4 Å². The summed E-state index contributed by atoms with van der Waals surface area (Å²) in [5.74, 6) is -3.22. The zero-order valence-corrected chi connectivity index (χ0v) is 32.6. The van der Waals surface area contributed by atoms with E-state index >= 15 is 0 Å². The van der Waals surface area contributed by atoms with Gasteiger partial charge in [-0.3, -0.25) is 9.59 Å². The second-order valence-corrected chi connectivity index (χ2v) is 15.7. The van der Waals surface area contributed by atoms with Crippen LogP contribution in [-0.2, 0) is 41.1 Å². The van der Waals surface area contributed by atoms with Crippen LogP contribution in [0.2, 0.25) is 0 Å². The van der Waals surface area contributed by atoms with E-state index in [9.17, 15) is 29.4 Å². The maximum Gasteiger partial charge on any atom is 2.00 e. The minimum Gasteiger partial charge on any atom is -0.545 e. The van der Waals surface area contributed by atoms with Crippen molar-refractivity contribution in [2.75, 3.05) is 0 Å². The van der Waals surface area contributed by atoms with Crippen molar-refractivity contribution in [1.82, 2.24) is 0 Å². The molecule has 0 spiro atoms. The Kier molecular flexibility index (Phi) is 10.2. The Morgan fingerprint density at radius 1 is 0.449 bits per heavy atom. The predicted molar refractivity (Wildman–Crippen MR) is 183 cm³/mol. The molecule has 0 aromatic heterocycles. The zero-order valence-electron chi connectivity index (χ0n) is 29.7. The van der Waals surface area contributed by atoms with Crippen LogP contribution in [0.15, 0.2) is 84.9 Å². The van der Waals surface area contributed by atoms with Gasteiger partial charge in [-0.05, 0) is 68.9 Å². The summed E-state index contributed by atoms with van der Waals surface area (Å²) in [6, 6.07) is 23.9. The summed E-state index contributed by atoms with van der Waals surface area (Å²) in [4.78, 5) is 48.2. The number of carbonyl (C=O) groups excluding carboxylic acids is 4. The maximum absolute atomic E-state index is 12.9. The molecule has 0 saturated carbocycles. The second-order valence-electron chi connectivity index (χ2n) is 15.7. The van der Waals surface area contributed by atoms with Gasteiger partial charge in [0.25, 0.3) is 0 Å². The van der Waals surface area contributed by atoms with Gasteiger partial charge in [0.1, 0.15) is 0 Å². The number of carbonyl (C=O) groups is 4. The van der Waals surface area contributed by atoms with E-state index in [1.807, 2.05) is 24.3 Å². The molecule has 49 heavy (non-hydrogen) atoms. The van der Waals surface area contributed by atoms with Gasteiger partial charge in [0.05, 0.1) is 11.9 Å². The van der Waals surface area contributed by atoms with Crippen LogP contribution in [0.4, 0.5) is 0 Å². The van der Waals surface area contributed by atoms with Gasteiger partial charge in [-0.1, -0.05) is 128 Å². The number of carboxylic acid groups (broad SMARTS) is 2. The standard InChI is InChI=1S/2C21H22O3.Zn/c2*1-20(2)12-21(3,4)17-11-13(9-10-16(17)20)18(22)14-7-5-6-8-15(14)19(23)24;/h2*5-11H,12H2,1-4H3,(H,23,24);/q;;+2/p-2. The molecule has 6 nitrogen and oxygen atoms in total. The van der Waals surface area contributed by atoms with Crippen LogP contribution >= 0.6 is 0 Å². The predicted octanol–water partition coefficient (Wildman–Crippen LogP) is 6.48. The summed E-state index contributed by atoms with van der Waals surface area (Å²) >= 11 is 0. The third-order valence-electron chi connectivity index (χ3n) is 10.0. The molecule has 7 heteroatoms. The van der Waals surface area contributed by atoms with Crippen molar-refractivity contribution >= 4 is 23.5 Å². The van der Waals surface area contributed by atoms with Crippen molar-refractivity contribution in [2.24, 2.45) is 0 Å².